The minimum Gasteiger partial charge on any atom is -0.351 e. The Balaban J connectivity index is 2.69. The van der Waals surface area contributed by atoms with Crippen molar-refractivity contribution in [2.45, 2.75) is 6.92 Å². The predicted octanol–water partition coefficient (Wildman–Crippen LogP) is 1.60. The predicted molar refractivity (Wildman–Crippen MR) is 62.4 cm³/mol. The van der Waals surface area contributed by atoms with Crippen LogP contribution in [-0.2, 0) is 0 Å². The van der Waals surface area contributed by atoms with Crippen LogP contribution in [0.3, 0.4) is 0 Å². The van der Waals surface area contributed by atoms with Crippen LogP contribution in [0.1, 0.15) is 15.9 Å². The maximum Gasteiger partial charge on any atom is 0.252 e. The molecule has 82 valence electrons. The lowest BCUT2D eigenvalue weighted by molar-refractivity contribution is 0.0954. The van der Waals surface area contributed by atoms with Crippen molar-refractivity contribution in [3.63, 3.8) is 0 Å². The van der Waals surface area contributed by atoms with E-state index in [0.29, 0.717) is 17.1 Å². The van der Waals surface area contributed by atoms with E-state index in [2.05, 4.69) is 10.6 Å². The van der Waals surface area contributed by atoms with Crippen molar-refractivity contribution in [2.24, 2.45) is 0 Å². The summed E-state index contributed by atoms with van der Waals surface area (Å²) in [7, 11) is 1.84. The Kier molecular flexibility index (Phi) is 4.59. The quantitative estimate of drug-likeness (QED) is 0.766. The lowest BCUT2D eigenvalue weighted by atomic mass is 10.1. The van der Waals surface area contributed by atoms with Gasteiger partial charge in [0.05, 0.1) is 10.6 Å². The minimum atomic E-state index is -0.126. The van der Waals surface area contributed by atoms with Gasteiger partial charge in [-0.25, -0.2) is 0 Å². The molecule has 0 bridgehead atoms. The van der Waals surface area contributed by atoms with Gasteiger partial charge in [0.2, 0.25) is 0 Å². The highest BCUT2D eigenvalue weighted by atomic mass is 35.5. The van der Waals surface area contributed by atoms with Gasteiger partial charge in [0.25, 0.3) is 5.91 Å². The van der Waals surface area contributed by atoms with Gasteiger partial charge in [0.15, 0.2) is 0 Å². The maximum atomic E-state index is 11.7. The first-order valence-corrected chi connectivity index (χ1v) is 5.22. The summed E-state index contributed by atoms with van der Waals surface area (Å²) in [5.74, 6) is -0.126. The average Bonchev–Trinajstić information content (AvgIpc) is 2.22. The number of rotatable bonds is 4. The van der Waals surface area contributed by atoms with Crippen LogP contribution in [0, 0.1) is 6.92 Å². The van der Waals surface area contributed by atoms with Crippen LogP contribution in [0.15, 0.2) is 18.2 Å². The number of aryl methyl sites for hydroxylation is 1. The van der Waals surface area contributed by atoms with Crippen molar-refractivity contribution >= 4 is 17.5 Å². The molecule has 1 amide bonds. The normalized spacial score (nSPS) is 10.1. The van der Waals surface area contributed by atoms with Gasteiger partial charge >= 0.3 is 0 Å². The Bertz CT molecular complexity index is 352. The molecule has 0 aliphatic rings. The van der Waals surface area contributed by atoms with Crippen molar-refractivity contribution in [1.82, 2.24) is 10.6 Å². The summed E-state index contributed by atoms with van der Waals surface area (Å²) < 4.78 is 0. The molecule has 0 heterocycles. The van der Waals surface area contributed by atoms with Gasteiger partial charge in [-0.15, -0.1) is 0 Å². The molecule has 0 aliphatic heterocycles. The van der Waals surface area contributed by atoms with Gasteiger partial charge in [0, 0.05) is 13.1 Å². The molecular weight excluding hydrogens is 212 g/mol. The minimum absolute atomic E-state index is 0.126. The van der Waals surface area contributed by atoms with Crippen molar-refractivity contribution in [3.05, 3.63) is 34.3 Å². The standard InChI is InChI=1S/C11H15ClN2O/c1-8-4-3-5-9(10(8)12)11(15)14-7-6-13-2/h3-5,13H,6-7H2,1-2H3,(H,14,15). The second kappa shape index (κ2) is 5.73. The van der Waals surface area contributed by atoms with Gasteiger partial charge in [-0.3, -0.25) is 4.79 Å². The number of hydrogen-bond acceptors (Lipinski definition) is 2. The second-order valence-electron chi connectivity index (χ2n) is 3.30. The Morgan fingerprint density at radius 3 is 2.80 bits per heavy atom. The molecule has 0 aromatic heterocycles. The summed E-state index contributed by atoms with van der Waals surface area (Å²) in [6.07, 6.45) is 0. The first-order valence-electron chi connectivity index (χ1n) is 4.84. The molecule has 0 saturated heterocycles. The van der Waals surface area contributed by atoms with Crippen LogP contribution >= 0.6 is 11.6 Å². The first-order chi connectivity index (χ1) is 7.16. The molecule has 15 heavy (non-hydrogen) atoms. The molecular formula is C11H15ClN2O. The Morgan fingerprint density at radius 2 is 2.13 bits per heavy atom. The molecule has 1 aromatic carbocycles. The van der Waals surface area contributed by atoms with Gasteiger partial charge in [-0.05, 0) is 25.6 Å². The van der Waals surface area contributed by atoms with Crippen LogP contribution in [0.25, 0.3) is 0 Å². The molecule has 0 saturated carbocycles. The SMILES string of the molecule is CNCCNC(=O)c1cccc(C)c1Cl. The summed E-state index contributed by atoms with van der Waals surface area (Å²) in [5, 5.41) is 6.26. The number of halogens is 1. The summed E-state index contributed by atoms with van der Waals surface area (Å²) in [5.41, 5.74) is 1.45. The fourth-order valence-corrected chi connectivity index (χ4v) is 1.43. The third-order valence-electron chi connectivity index (χ3n) is 2.10. The highest BCUT2D eigenvalue weighted by Gasteiger charge is 2.10. The fraction of sp³-hybridized carbons (Fsp3) is 0.364. The van der Waals surface area contributed by atoms with E-state index in [1.165, 1.54) is 0 Å². The number of likely N-dealkylation sites (N-methyl/N-ethyl adjacent to an activating group) is 1. The number of amides is 1. The molecule has 1 aromatic rings. The van der Waals surface area contributed by atoms with E-state index in [0.717, 1.165) is 12.1 Å². The summed E-state index contributed by atoms with van der Waals surface area (Å²) in [4.78, 5) is 11.7. The van der Waals surface area contributed by atoms with E-state index < -0.39 is 0 Å². The fourth-order valence-electron chi connectivity index (χ4n) is 1.22. The lowest BCUT2D eigenvalue weighted by Gasteiger charge is -2.07. The van der Waals surface area contributed by atoms with Gasteiger partial charge in [0.1, 0.15) is 0 Å². The number of benzene rings is 1. The molecule has 2 N–H and O–H groups in total. The Labute approximate surface area is 94.8 Å². The molecule has 1 rings (SSSR count). The topological polar surface area (TPSA) is 41.1 Å². The van der Waals surface area contributed by atoms with Crippen LogP contribution in [-0.4, -0.2) is 26.0 Å². The van der Waals surface area contributed by atoms with Crippen LogP contribution < -0.4 is 10.6 Å². The molecule has 0 atom stereocenters. The zero-order chi connectivity index (χ0) is 11.3. The van der Waals surface area contributed by atoms with Crippen LogP contribution in [0.4, 0.5) is 0 Å². The monoisotopic (exact) mass is 226 g/mol. The summed E-state index contributed by atoms with van der Waals surface area (Å²) >= 11 is 6.02. The maximum absolute atomic E-state index is 11.7. The second-order valence-corrected chi connectivity index (χ2v) is 3.67. The molecule has 0 fully saturated rings. The Hall–Kier alpha value is -1.06. The van der Waals surface area contributed by atoms with Crippen molar-refractivity contribution < 1.29 is 4.79 Å². The largest absolute Gasteiger partial charge is 0.351 e. The molecule has 0 aliphatic carbocycles. The zero-order valence-corrected chi connectivity index (χ0v) is 9.69. The summed E-state index contributed by atoms with van der Waals surface area (Å²) in [6, 6.07) is 5.44. The summed E-state index contributed by atoms with van der Waals surface area (Å²) in [6.45, 7) is 3.22. The number of hydrogen-bond donors (Lipinski definition) is 2. The molecule has 0 unspecified atom stereocenters. The van der Waals surface area contributed by atoms with Crippen LogP contribution in [0.5, 0.6) is 0 Å². The zero-order valence-electron chi connectivity index (χ0n) is 8.93. The van der Waals surface area contributed by atoms with Crippen molar-refractivity contribution in [1.29, 1.82) is 0 Å². The third kappa shape index (κ3) is 3.22. The van der Waals surface area contributed by atoms with Gasteiger partial charge < -0.3 is 10.6 Å². The van der Waals surface area contributed by atoms with E-state index >= 15 is 0 Å². The average molecular weight is 227 g/mol. The molecule has 0 spiro atoms. The van der Waals surface area contributed by atoms with Crippen molar-refractivity contribution in [2.75, 3.05) is 20.1 Å². The first kappa shape index (κ1) is 12.0. The van der Waals surface area contributed by atoms with Gasteiger partial charge in [-0.1, -0.05) is 23.7 Å². The highest BCUT2D eigenvalue weighted by molar-refractivity contribution is 6.34. The van der Waals surface area contributed by atoms with E-state index in [-0.39, 0.29) is 5.91 Å². The van der Waals surface area contributed by atoms with Gasteiger partial charge in [-0.2, -0.15) is 0 Å². The van der Waals surface area contributed by atoms with E-state index in [9.17, 15) is 4.79 Å². The van der Waals surface area contributed by atoms with E-state index in [4.69, 9.17) is 11.6 Å². The Morgan fingerprint density at radius 1 is 1.40 bits per heavy atom. The van der Waals surface area contributed by atoms with Crippen molar-refractivity contribution in [3.8, 4) is 0 Å². The molecule has 0 radical (unpaired) electrons. The smallest absolute Gasteiger partial charge is 0.252 e. The number of carbonyl (C=O) groups excluding carboxylic acids is 1. The lowest BCUT2D eigenvalue weighted by Crippen LogP contribution is -2.30. The highest BCUT2D eigenvalue weighted by Crippen LogP contribution is 2.19. The molecule has 3 nitrogen and oxygen atoms in total. The third-order valence-corrected chi connectivity index (χ3v) is 2.60. The van der Waals surface area contributed by atoms with E-state index in [1.807, 2.05) is 26.1 Å². The molecule has 4 heteroatoms. The van der Waals surface area contributed by atoms with E-state index in [1.54, 1.807) is 6.07 Å². The number of carbonyl (C=O) groups is 1. The number of nitrogens with one attached hydrogen (secondary N) is 2. The van der Waals surface area contributed by atoms with Crippen LogP contribution in [0.2, 0.25) is 5.02 Å².